The molecular formula is C56H66F2N10O12S. The lowest BCUT2D eigenvalue weighted by molar-refractivity contribution is 0.0266. The van der Waals surface area contributed by atoms with Crippen LogP contribution in [0.4, 0.5) is 47.3 Å². The van der Waals surface area contributed by atoms with E-state index in [-0.39, 0.29) is 81.5 Å². The van der Waals surface area contributed by atoms with E-state index in [2.05, 4.69) is 25.3 Å². The first kappa shape index (κ1) is 61.3. The van der Waals surface area contributed by atoms with Gasteiger partial charge in [-0.3, -0.25) is 9.59 Å². The number of likely N-dealkylation sites (tertiary alicyclic amines) is 2. The molecule has 2 atom stereocenters. The van der Waals surface area contributed by atoms with Gasteiger partial charge in [0.2, 0.25) is 32.5 Å². The number of hydrogen-bond donors (Lipinski definition) is 4. The van der Waals surface area contributed by atoms with Gasteiger partial charge in [0.15, 0.2) is 0 Å². The highest BCUT2D eigenvalue weighted by molar-refractivity contribution is 7.91. The SMILES string of the molecule is CC(C)(C)OC(=O)N1CCC(Oc2ccc(N)cc2)C1.CCS(=O)(=O)c1ncc(C(=O)c2cc(F)ccc2OC)c(N)n1.COc1ccc(F)cc1C(=O)c1cnc(Nc2ccc(OC3CCN(C(=O)OC(C)(C)C)C3)cc2)nc1N. The molecule has 2 aliphatic heterocycles. The van der Waals surface area contributed by atoms with Crippen molar-refractivity contribution in [2.75, 3.05) is 68.7 Å². The molecule has 6 aromatic rings. The number of hydrogen-bond acceptors (Lipinski definition) is 20. The van der Waals surface area contributed by atoms with Gasteiger partial charge in [-0.1, -0.05) is 6.92 Å². The van der Waals surface area contributed by atoms with Gasteiger partial charge in [-0.05, 0) is 126 Å². The average Bonchev–Trinajstić information content (AvgIpc) is 4.10. The second kappa shape index (κ2) is 26.4. The summed E-state index contributed by atoms with van der Waals surface area (Å²) in [5.74, 6) is -1.00. The van der Waals surface area contributed by atoms with Crippen molar-refractivity contribution < 1.29 is 64.8 Å². The molecule has 432 valence electrons. The maximum atomic E-state index is 13.7. The maximum Gasteiger partial charge on any atom is 0.410 e. The number of nitrogens with one attached hydrogen (secondary N) is 1. The molecule has 4 heterocycles. The number of nitrogen functional groups attached to an aromatic ring is 3. The monoisotopic (exact) mass is 1140 g/mol. The summed E-state index contributed by atoms with van der Waals surface area (Å²) < 4.78 is 83.3. The van der Waals surface area contributed by atoms with Gasteiger partial charge in [0, 0.05) is 49.7 Å². The summed E-state index contributed by atoms with van der Waals surface area (Å²) in [6, 6.07) is 21.5. The van der Waals surface area contributed by atoms with E-state index in [4.69, 9.17) is 45.6 Å². The van der Waals surface area contributed by atoms with Gasteiger partial charge in [0.05, 0.1) is 55.3 Å². The minimum Gasteiger partial charge on any atom is -0.496 e. The fraction of sp³-hybridized carbons (Fsp3) is 0.357. The number of sulfone groups is 1. The molecule has 0 spiro atoms. The minimum atomic E-state index is -3.65. The van der Waals surface area contributed by atoms with Crippen molar-refractivity contribution in [2.45, 2.75) is 89.9 Å². The Hall–Kier alpha value is -8.87. The standard InChI is InChI=1S/C27H30FN5O5.C15H22N2O3.C14H14FN3O4S/c1-27(2,3)38-26(35)33-12-11-19(15-33)37-18-8-6-17(7-9-18)31-25-30-14-21(24(29)32-25)23(34)20-13-16(28)5-10-22(20)36-4;1-15(2,3)20-14(18)17-9-8-13(10-17)19-12-6-4-11(16)5-7-12;1-3-23(20,21)14-17-7-10(13(16)18-14)12(19)9-6-8(15)4-5-11(9)22-2/h5-10,13-14,19H,11-12,15H2,1-4H3,(H3,29,30,31,32);4-7,13H,8-10,16H2,1-3H3;4-7H,3H2,1-2H3,(H2,16,17,18). The van der Waals surface area contributed by atoms with Crippen molar-refractivity contribution in [1.82, 2.24) is 29.7 Å². The highest BCUT2D eigenvalue weighted by Gasteiger charge is 2.33. The highest BCUT2D eigenvalue weighted by Crippen LogP contribution is 2.29. The van der Waals surface area contributed by atoms with Crippen LogP contribution in [0.1, 0.15) is 93.2 Å². The lowest BCUT2D eigenvalue weighted by atomic mass is 10.0. The number of anilines is 5. The molecule has 25 heteroatoms. The minimum absolute atomic E-state index is 0.00569. The Labute approximate surface area is 468 Å². The van der Waals surface area contributed by atoms with Gasteiger partial charge < -0.3 is 60.7 Å². The molecule has 81 heavy (non-hydrogen) atoms. The smallest absolute Gasteiger partial charge is 0.410 e. The van der Waals surface area contributed by atoms with Crippen LogP contribution in [0.2, 0.25) is 0 Å². The number of carbonyl (C=O) groups is 4. The van der Waals surface area contributed by atoms with E-state index in [9.17, 15) is 36.4 Å². The molecule has 2 aliphatic rings. The van der Waals surface area contributed by atoms with E-state index in [0.29, 0.717) is 49.7 Å². The quantitative estimate of drug-likeness (QED) is 0.0451. The molecule has 7 N–H and O–H groups in total. The van der Waals surface area contributed by atoms with Crippen LogP contribution in [-0.2, 0) is 19.3 Å². The molecule has 0 saturated carbocycles. The van der Waals surface area contributed by atoms with Gasteiger partial charge in [-0.2, -0.15) is 4.98 Å². The van der Waals surface area contributed by atoms with Gasteiger partial charge in [-0.15, -0.1) is 0 Å². The third-order valence-electron chi connectivity index (χ3n) is 11.8. The van der Waals surface area contributed by atoms with Gasteiger partial charge in [0.1, 0.15) is 69.7 Å². The van der Waals surface area contributed by atoms with E-state index in [1.165, 1.54) is 45.5 Å². The topological polar surface area (TPSA) is 306 Å². The summed E-state index contributed by atoms with van der Waals surface area (Å²) >= 11 is 0. The molecule has 22 nitrogen and oxygen atoms in total. The molecule has 0 bridgehead atoms. The van der Waals surface area contributed by atoms with E-state index < -0.39 is 49.4 Å². The van der Waals surface area contributed by atoms with Crippen LogP contribution in [0.25, 0.3) is 0 Å². The fourth-order valence-corrected chi connectivity index (χ4v) is 8.49. The van der Waals surface area contributed by atoms with Crippen LogP contribution in [0.5, 0.6) is 23.0 Å². The molecule has 2 aromatic heterocycles. The first-order chi connectivity index (χ1) is 38.1. The van der Waals surface area contributed by atoms with E-state index in [1.807, 2.05) is 53.7 Å². The summed E-state index contributed by atoms with van der Waals surface area (Å²) in [7, 11) is -0.923. The van der Waals surface area contributed by atoms with Crippen molar-refractivity contribution in [1.29, 1.82) is 0 Å². The molecule has 2 saturated heterocycles. The number of benzene rings is 4. The zero-order valence-electron chi connectivity index (χ0n) is 46.3. The summed E-state index contributed by atoms with van der Waals surface area (Å²) in [4.78, 5) is 68.6. The summed E-state index contributed by atoms with van der Waals surface area (Å²) in [6.07, 6.45) is 3.06. The van der Waals surface area contributed by atoms with Gasteiger partial charge in [-0.25, -0.2) is 41.7 Å². The third-order valence-corrected chi connectivity index (χ3v) is 13.3. The van der Waals surface area contributed by atoms with Gasteiger partial charge >= 0.3 is 12.2 Å². The number of ether oxygens (including phenoxy) is 6. The van der Waals surface area contributed by atoms with Crippen molar-refractivity contribution in [3.05, 3.63) is 131 Å². The van der Waals surface area contributed by atoms with Crippen LogP contribution < -0.4 is 41.5 Å². The first-order valence-electron chi connectivity index (χ1n) is 25.4. The normalized spacial score (nSPS) is 15.0. The Balaban J connectivity index is 0.000000210. The van der Waals surface area contributed by atoms with Crippen LogP contribution in [-0.4, -0.2) is 131 Å². The van der Waals surface area contributed by atoms with Gasteiger partial charge in [0.25, 0.3) is 0 Å². The zero-order chi connectivity index (χ0) is 59.4. The number of rotatable bonds is 14. The Morgan fingerprint density at radius 3 is 1.47 bits per heavy atom. The Bertz CT molecular complexity index is 3330. The van der Waals surface area contributed by atoms with Crippen LogP contribution in [0.15, 0.2) is 102 Å². The predicted molar refractivity (Wildman–Crippen MR) is 298 cm³/mol. The van der Waals surface area contributed by atoms with Crippen molar-refractivity contribution >= 4 is 62.5 Å². The van der Waals surface area contributed by atoms with Crippen molar-refractivity contribution in [2.24, 2.45) is 0 Å². The molecule has 2 amide bonds. The fourth-order valence-electron chi connectivity index (χ4n) is 7.78. The number of methoxy groups -OCH3 is 2. The molecule has 0 aliphatic carbocycles. The number of nitrogens with two attached hydrogens (primary N) is 3. The Morgan fingerprint density at radius 2 is 1.06 bits per heavy atom. The molecule has 4 aromatic carbocycles. The molecule has 0 radical (unpaired) electrons. The van der Waals surface area contributed by atoms with Crippen LogP contribution >= 0.6 is 0 Å². The van der Waals surface area contributed by atoms with Crippen LogP contribution in [0.3, 0.4) is 0 Å². The van der Waals surface area contributed by atoms with E-state index in [1.54, 1.807) is 46.2 Å². The molecule has 2 fully saturated rings. The number of ketones is 2. The second-order valence-corrected chi connectivity index (χ2v) is 22.5. The number of amides is 2. The molecular weight excluding hydrogens is 1070 g/mol. The maximum absolute atomic E-state index is 13.7. The zero-order valence-corrected chi connectivity index (χ0v) is 47.1. The largest absolute Gasteiger partial charge is 0.496 e. The summed E-state index contributed by atoms with van der Waals surface area (Å²) in [5.41, 5.74) is 17.5. The van der Waals surface area contributed by atoms with Crippen LogP contribution in [0, 0.1) is 11.6 Å². The lowest BCUT2D eigenvalue weighted by Crippen LogP contribution is -2.36. The number of halogens is 2. The van der Waals surface area contributed by atoms with Crippen molar-refractivity contribution in [3.63, 3.8) is 0 Å². The second-order valence-electron chi connectivity index (χ2n) is 20.3. The van der Waals surface area contributed by atoms with E-state index in [0.717, 1.165) is 36.6 Å². The number of aromatic nitrogens is 4. The lowest BCUT2D eigenvalue weighted by Gasteiger charge is -2.24. The molecule has 8 rings (SSSR count). The predicted octanol–water partition coefficient (Wildman–Crippen LogP) is 8.46. The van der Waals surface area contributed by atoms with Crippen molar-refractivity contribution in [3.8, 4) is 23.0 Å². The third kappa shape index (κ3) is 17.3. The Kier molecular flexibility index (Phi) is 20.0. The highest BCUT2D eigenvalue weighted by atomic mass is 32.2. The average molecular weight is 1140 g/mol. The van der Waals surface area contributed by atoms with E-state index >= 15 is 0 Å². The Morgan fingerprint density at radius 1 is 0.630 bits per heavy atom. The summed E-state index contributed by atoms with van der Waals surface area (Å²) in [6.45, 7) is 14.8. The first-order valence-corrected chi connectivity index (χ1v) is 27.1. The number of carbonyl (C=O) groups excluding carboxylic acids is 4. The summed E-state index contributed by atoms with van der Waals surface area (Å²) in [5, 5.41) is 2.57. The molecule has 2 unspecified atom stereocenters. The number of nitrogens with zero attached hydrogens (tertiary/aromatic N) is 6.